The van der Waals surface area contributed by atoms with Crippen LogP contribution < -0.4 is 4.74 Å². The summed E-state index contributed by atoms with van der Waals surface area (Å²) in [5.41, 5.74) is 5.33. The molecule has 4 nitrogen and oxygen atoms in total. The number of nitro benzene ring substituents is 1. The van der Waals surface area contributed by atoms with Crippen molar-refractivity contribution >= 4 is 17.3 Å². The summed E-state index contributed by atoms with van der Waals surface area (Å²) in [4.78, 5) is 10.7. The van der Waals surface area contributed by atoms with Gasteiger partial charge >= 0.3 is 0 Å². The van der Waals surface area contributed by atoms with Crippen LogP contribution in [0.4, 0.5) is 5.69 Å². The zero-order chi connectivity index (χ0) is 23.1. The standard InChI is InChI=1S/C16H16ClNO3.C10H14/c1-10(2)11-4-12(7-15(6-11)18(19)20)13-5-14(17)9-16(8-13)21-3;1-8(2)10-6-4-5-9(3)7-10/h4-10H,1-3H3;4-8H,1-3H3. The lowest BCUT2D eigenvalue weighted by atomic mass is 9.96. The third-order valence-corrected chi connectivity index (χ3v) is 5.18. The van der Waals surface area contributed by atoms with Crippen LogP contribution >= 0.6 is 11.6 Å². The zero-order valence-electron chi connectivity index (χ0n) is 19.0. The van der Waals surface area contributed by atoms with E-state index in [0.29, 0.717) is 16.7 Å². The number of aryl methyl sites for hydroxylation is 1. The number of non-ortho nitro benzene ring substituents is 1. The topological polar surface area (TPSA) is 52.4 Å². The van der Waals surface area contributed by atoms with Gasteiger partial charge in [-0.05, 0) is 59.2 Å². The first-order chi connectivity index (χ1) is 14.6. The summed E-state index contributed by atoms with van der Waals surface area (Å²) in [6, 6.07) is 19.1. The maximum absolute atomic E-state index is 11.1. The van der Waals surface area contributed by atoms with Gasteiger partial charge in [0.15, 0.2) is 0 Å². The van der Waals surface area contributed by atoms with Gasteiger partial charge in [-0.3, -0.25) is 10.1 Å². The van der Waals surface area contributed by atoms with Crippen LogP contribution in [0.5, 0.6) is 5.75 Å². The minimum absolute atomic E-state index is 0.0788. The highest BCUT2D eigenvalue weighted by Crippen LogP contribution is 2.33. The van der Waals surface area contributed by atoms with Gasteiger partial charge in [0.05, 0.1) is 12.0 Å². The van der Waals surface area contributed by atoms with Crippen molar-refractivity contribution in [1.82, 2.24) is 0 Å². The van der Waals surface area contributed by atoms with Crippen molar-refractivity contribution in [2.45, 2.75) is 46.5 Å². The van der Waals surface area contributed by atoms with Gasteiger partial charge in [-0.25, -0.2) is 0 Å². The van der Waals surface area contributed by atoms with Crippen molar-refractivity contribution in [2.75, 3.05) is 7.11 Å². The van der Waals surface area contributed by atoms with Crippen molar-refractivity contribution in [3.63, 3.8) is 0 Å². The first-order valence-corrected chi connectivity index (χ1v) is 10.7. The van der Waals surface area contributed by atoms with E-state index in [0.717, 1.165) is 16.7 Å². The molecule has 0 N–H and O–H groups in total. The molecule has 3 aromatic carbocycles. The quantitative estimate of drug-likeness (QED) is 0.297. The van der Waals surface area contributed by atoms with Gasteiger partial charge in [0.25, 0.3) is 5.69 Å². The Morgan fingerprint density at radius 1 is 0.871 bits per heavy atom. The molecule has 0 amide bonds. The van der Waals surface area contributed by atoms with Gasteiger partial charge < -0.3 is 4.74 Å². The molecule has 0 heterocycles. The van der Waals surface area contributed by atoms with Crippen molar-refractivity contribution < 1.29 is 9.66 Å². The molecule has 3 aromatic rings. The molecule has 0 aliphatic rings. The fraction of sp³-hybridized carbons (Fsp3) is 0.308. The predicted octanol–water partition coefficient (Wildman–Crippen LogP) is 8.17. The van der Waals surface area contributed by atoms with Crippen LogP contribution in [0.2, 0.25) is 5.02 Å². The first kappa shape index (κ1) is 24.4. The van der Waals surface area contributed by atoms with E-state index in [2.05, 4.69) is 45.0 Å². The molecule has 5 heteroatoms. The molecule has 0 bridgehead atoms. The number of hydrogen-bond donors (Lipinski definition) is 0. The molecule has 164 valence electrons. The average Bonchev–Trinajstić information content (AvgIpc) is 2.73. The Kier molecular flexibility index (Phi) is 8.64. The number of nitro groups is 1. The lowest BCUT2D eigenvalue weighted by molar-refractivity contribution is -0.384. The summed E-state index contributed by atoms with van der Waals surface area (Å²) < 4.78 is 5.19. The van der Waals surface area contributed by atoms with E-state index < -0.39 is 0 Å². The van der Waals surface area contributed by atoms with Gasteiger partial charge in [-0.15, -0.1) is 0 Å². The number of benzene rings is 3. The van der Waals surface area contributed by atoms with E-state index in [1.165, 1.54) is 11.1 Å². The third-order valence-electron chi connectivity index (χ3n) is 4.97. The molecular weight excluding hydrogens is 410 g/mol. The molecule has 31 heavy (non-hydrogen) atoms. The number of halogens is 1. The minimum atomic E-state index is -0.378. The monoisotopic (exact) mass is 439 g/mol. The van der Waals surface area contributed by atoms with Crippen molar-refractivity contribution in [1.29, 1.82) is 0 Å². The Balaban J connectivity index is 0.000000285. The van der Waals surface area contributed by atoms with Crippen LogP contribution in [0.15, 0.2) is 60.7 Å². The zero-order valence-corrected chi connectivity index (χ0v) is 19.7. The SMILES string of the molecule is COc1cc(Cl)cc(-c2cc(C(C)C)cc([N+](=O)[O-])c2)c1.Cc1cccc(C(C)C)c1. The van der Waals surface area contributed by atoms with E-state index in [1.54, 1.807) is 31.4 Å². The molecule has 0 saturated heterocycles. The van der Waals surface area contributed by atoms with E-state index in [9.17, 15) is 10.1 Å². The highest BCUT2D eigenvalue weighted by Gasteiger charge is 2.13. The lowest BCUT2D eigenvalue weighted by Crippen LogP contribution is -1.94. The molecule has 0 radical (unpaired) electrons. The summed E-state index contributed by atoms with van der Waals surface area (Å²) in [7, 11) is 1.56. The summed E-state index contributed by atoms with van der Waals surface area (Å²) in [5.74, 6) is 1.47. The molecule has 0 saturated carbocycles. The Hall–Kier alpha value is -2.85. The summed E-state index contributed by atoms with van der Waals surface area (Å²) in [6.07, 6.45) is 0. The highest BCUT2D eigenvalue weighted by atomic mass is 35.5. The van der Waals surface area contributed by atoms with Crippen LogP contribution in [0.25, 0.3) is 11.1 Å². The molecule has 0 aliphatic carbocycles. The van der Waals surface area contributed by atoms with E-state index in [4.69, 9.17) is 16.3 Å². The number of rotatable bonds is 5. The first-order valence-electron chi connectivity index (χ1n) is 10.3. The second-order valence-corrected chi connectivity index (χ2v) is 8.61. The predicted molar refractivity (Wildman–Crippen MR) is 129 cm³/mol. The fourth-order valence-corrected chi connectivity index (χ4v) is 3.34. The Morgan fingerprint density at radius 2 is 1.52 bits per heavy atom. The van der Waals surface area contributed by atoms with Crippen LogP contribution in [0.1, 0.15) is 56.2 Å². The van der Waals surface area contributed by atoms with Gasteiger partial charge in [-0.2, -0.15) is 0 Å². The second kappa shape index (κ2) is 11.0. The van der Waals surface area contributed by atoms with Crippen molar-refractivity contribution in [2.24, 2.45) is 0 Å². The van der Waals surface area contributed by atoms with E-state index in [1.807, 2.05) is 26.0 Å². The molecule has 3 rings (SSSR count). The Morgan fingerprint density at radius 3 is 2.03 bits per heavy atom. The van der Waals surface area contributed by atoms with Crippen LogP contribution in [-0.4, -0.2) is 12.0 Å². The van der Waals surface area contributed by atoms with Gasteiger partial charge in [0, 0.05) is 17.2 Å². The molecule has 0 aromatic heterocycles. The summed E-state index contributed by atoms with van der Waals surface area (Å²) in [5, 5.41) is 11.6. The molecule has 0 atom stereocenters. The number of ether oxygens (including phenoxy) is 1. The van der Waals surface area contributed by atoms with Gasteiger partial charge in [0.2, 0.25) is 0 Å². The van der Waals surface area contributed by atoms with Gasteiger partial charge in [-0.1, -0.05) is 75.2 Å². The lowest BCUT2D eigenvalue weighted by Gasteiger charge is -2.10. The third kappa shape index (κ3) is 7.11. The smallest absolute Gasteiger partial charge is 0.270 e. The molecule has 0 unspecified atom stereocenters. The summed E-state index contributed by atoms with van der Waals surface area (Å²) in [6.45, 7) is 10.6. The van der Waals surface area contributed by atoms with Crippen LogP contribution in [0, 0.1) is 17.0 Å². The van der Waals surface area contributed by atoms with Crippen molar-refractivity contribution in [3.05, 3.63) is 92.5 Å². The van der Waals surface area contributed by atoms with Crippen LogP contribution in [0.3, 0.4) is 0 Å². The summed E-state index contributed by atoms with van der Waals surface area (Å²) >= 11 is 6.07. The minimum Gasteiger partial charge on any atom is -0.497 e. The fourth-order valence-electron chi connectivity index (χ4n) is 3.12. The normalized spacial score (nSPS) is 10.6. The highest BCUT2D eigenvalue weighted by molar-refractivity contribution is 6.31. The largest absolute Gasteiger partial charge is 0.497 e. The maximum Gasteiger partial charge on any atom is 0.270 e. The Labute approximate surface area is 190 Å². The van der Waals surface area contributed by atoms with Crippen LogP contribution in [-0.2, 0) is 0 Å². The van der Waals surface area contributed by atoms with Gasteiger partial charge in [0.1, 0.15) is 5.75 Å². The molecule has 0 fully saturated rings. The Bertz CT molecular complexity index is 1040. The molecular formula is C26H30ClNO3. The second-order valence-electron chi connectivity index (χ2n) is 8.17. The molecule has 0 aliphatic heterocycles. The number of methoxy groups -OCH3 is 1. The van der Waals surface area contributed by atoms with E-state index >= 15 is 0 Å². The van der Waals surface area contributed by atoms with Crippen molar-refractivity contribution in [3.8, 4) is 16.9 Å². The molecule has 0 spiro atoms. The van der Waals surface area contributed by atoms with E-state index in [-0.39, 0.29) is 16.5 Å². The maximum atomic E-state index is 11.1. The number of hydrogen-bond acceptors (Lipinski definition) is 3. The average molecular weight is 440 g/mol. The number of nitrogens with zero attached hydrogens (tertiary/aromatic N) is 1.